The van der Waals surface area contributed by atoms with E-state index >= 15 is 0 Å². The molecular formula is CCaKO3+. The molecule has 0 radical (unpaired) electrons. The van der Waals surface area contributed by atoms with E-state index in [0.717, 1.165) is 0 Å². The first-order chi connectivity index (χ1) is 1.73. The Balaban J connectivity index is -0.0000000450. The molecule has 0 fully saturated rings. The van der Waals surface area contributed by atoms with E-state index in [1.165, 1.54) is 0 Å². The molecule has 0 amide bonds. The van der Waals surface area contributed by atoms with Crippen LogP contribution < -0.4 is 61.6 Å². The zero-order valence-corrected chi connectivity index (χ0v) is 8.76. The Morgan fingerprint density at radius 2 is 1.33 bits per heavy atom. The van der Waals surface area contributed by atoms with Gasteiger partial charge in [-0.2, -0.15) is 0 Å². The van der Waals surface area contributed by atoms with Gasteiger partial charge < -0.3 is 15.0 Å². The van der Waals surface area contributed by atoms with Crippen LogP contribution in [0.2, 0.25) is 0 Å². The van der Waals surface area contributed by atoms with Crippen LogP contribution in [0.25, 0.3) is 0 Å². The number of carboxylic acid groups (broad SMARTS) is 2. The topological polar surface area (TPSA) is 63.2 Å². The van der Waals surface area contributed by atoms with Crippen molar-refractivity contribution in [1.82, 2.24) is 0 Å². The van der Waals surface area contributed by atoms with E-state index in [1.54, 1.807) is 0 Å². The monoisotopic (exact) mass is 139 g/mol. The minimum atomic E-state index is -2.33. The fourth-order valence-electron chi connectivity index (χ4n) is 0. The number of carbonyl (C=O) groups is 1. The Hall–Kier alpha value is 2.17. The zero-order valence-electron chi connectivity index (χ0n) is 3.43. The van der Waals surface area contributed by atoms with Crippen LogP contribution in [0.15, 0.2) is 0 Å². The van der Waals surface area contributed by atoms with Gasteiger partial charge in [-0.1, -0.05) is 0 Å². The van der Waals surface area contributed by atoms with Gasteiger partial charge in [0.15, 0.2) is 0 Å². The van der Waals surface area contributed by atoms with Crippen LogP contribution in [0.1, 0.15) is 0 Å². The zero-order chi connectivity index (χ0) is 3.58. The van der Waals surface area contributed by atoms with Crippen molar-refractivity contribution in [2.45, 2.75) is 0 Å². The molecule has 0 aliphatic rings. The summed E-state index contributed by atoms with van der Waals surface area (Å²) in [5, 5.41) is 16.7. The molecule has 0 unspecified atom stereocenters. The van der Waals surface area contributed by atoms with Gasteiger partial charge in [0.1, 0.15) is 0 Å². The Bertz CT molecular complexity index is 33.8. The van der Waals surface area contributed by atoms with Crippen molar-refractivity contribution in [3.63, 3.8) is 0 Å². The predicted molar refractivity (Wildman–Crippen MR) is 11.1 cm³/mol. The molecule has 6 heavy (non-hydrogen) atoms. The predicted octanol–water partition coefficient (Wildman–Crippen LogP) is -5.82. The molecule has 5 heteroatoms. The third kappa shape index (κ3) is 35.1. The summed E-state index contributed by atoms with van der Waals surface area (Å²) in [7, 11) is 0. The third-order valence-corrected chi connectivity index (χ3v) is 0. The van der Waals surface area contributed by atoms with Crippen molar-refractivity contribution < 1.29 is 66.4 Å². The Morgan fingerprint density at radius 1 is 1.33 bits per heavy atom. The average molecular weight is 139 g/mol. The van der Waals surface area contributed by atoms with Crippen molar-refractivity contribution in [1.29, 1.82) is 0 Å². The van der Waals surface area contributed by atoms with E-state index in [0.29, 0.717) is 0 Å². The van der Waals surface area contributed by atoms with E-state index in [1.807, 2.05) is 0 Å². The molecule has 0 saturated heterocycles. The Labute approximate surface area is 108 Å². The third-order valence-electron chi connectivity index (χ3n) is 0. The second-order valence-electron chi connectivity index (χ2n) is 0.250. The van der Waals surface area contributed by atoms with Crippen LogP contribution in [0, 0.1) is 0 Å². The van der Waals surface area contributed by atoms with Crippen molar-refractivity contribution in [2.24, 2.45) is 0 Å². The molecule has 24 valence electrons. The summed E-state index contributed by atoms with van der Waals surface area (Å²) in [6.07, 6.45) is -2.33. The van der Waals surface area contributed by atoms with Crippen LogP contribution in [0.5, 0.6) is 0 Å². The van der Waals surface area contributed by atoms with Crippen LogP contribution >= 0.6 is 0 Å². The molecule has 0 aromatic carbocycles. The van der Waals surface area contributed by atoms with Gasteiger partial charge in [-0.15, -0.1) is 0 Å². The fraction of sp³-hybridized carbons (Fsp3) is 0. The van der Waals surface area contributed by atoms with E-state index in [2.05, 4.69) is 0 Å². The van der Waals surface area contributed by atoms with E-state index in [4.69, 9.17) is 15.0 Å². The largest absolute Gasteiger partial charge is 2.00 e. The molecule has 0 aliphatic heterocycles. The fourth-order valence-corrected chi connectivity index (χ4v) is 0. The van der Waals surface area contributed by atoms with Crippen molar-refractivity contribution >= 4 is 43.9 Å². The molecule has 0 aliphatic carbocycles. The van der Waals surface area contributed by atoms with E-state index in [9.17, 15) is 0 Å². The Kier molecular flexibility index (Phi) is 26.7. The van der Waals surface area contributed by atoms with E-state index in [-0.39, 0.29) is 89.1 Å². The normalized spacial score (nSPS) is 4.00. The SMILES string of the molecule is O=C([O-])[O-].[Ca+2].[K+]. The van der Waals surface area contributed by atoms with Crippen LogP contribution in [0.3, 0.4) is 0 Å². The van der Waals surface area contributed by atoms with Crippen LogP contribution in [0.4, 0.5) is 4.79 Å². The quantitative estimate of drug-likeness (QED) is 0.314. The first kappa shape index (κ1) is 15.7. The first-order valence-electron chi connectivity index (χ1n) is 0.612. The molecule has 0 rings (SSSR count). The summed E-state index contributed by atoms with van der Waals surface area (Å²) in [5.41, 5.74) is 0. The van der Waals surface area contributed by atoms with Crippen molar-refractivity contribution in [3.8, 4) is 0 Å². The molecule has 0 spiro atoms. The summed E-state index contributed by atoms with van der Waals surface area (Å²) >= 11 is 0. The van der Waals surface area contributed by atoms with Crippen LogP contribution in [-0.2, 0) is 0 Å². The average Bonchev–Trinajstić information content (AvgIpc) is 0.811. The second kappa shape index (κ2) is 10.2. The molecule has 0 saturated carbocycles. The molecule has 0 aromatic heterocycles. The molecule has 0 heterocycles. The maximum absolute atomic E-state index is 8.33. The number of rotatable bonds is 0. The summed E-state index contributed by atoms with van der Waals surface area (Å²) in [6, 6.07) is 0. The smallest absolute Gasteiger partial charge is 0.652 e. The minimum Gasteiger partial charge on any atom is -0.652 e. The molecule has 0 aromatic rings. The minimum absolute atomic E-state index is 0. The Morgan fingerprint density at radius 3 is 1.33 bits per heavy atom. The van der Waals surface area contributed by atoms with Crippen molar-refractivity contribution in [2.75, 3.05) is 0 Å². The summed E-state index contributed by atoms with van der Waals surface area (Å²) in [4.78, 5) is 8.33. The standard InChI is InChI=1S/CH2O3.Ca.K/c2-1(3)4;;/h(H2,2,3,4);;/q;+2;+1/p-2. The molecule has 3 nitrogen and oxygen atoms in total. The maximum Gasteiger partial charge on any atom is 2.00 e. The maximum atomic E-state index is 8.33. The number of hydrogen-bond acceptors (Lipinski definition) is 3. The first-order valence-corrected chi connectivity index (χ1v) is 0.612. The van der Waals surface area contributed by atoms with Crippen molar-refractivity contribution in [3.05, 3.63) is 0 Å². The molecule has 0 N–H and O–H groups in total. The van der Waals surface area contributed by atoms with Gasteiger partial charge in [0.25, 0.3) is 0 Å². The summed E-state index contributed by atoms with van der Waals surface area (Å²) in [6.45, 7) is 0. The molecular weight excluding hydrogens is 139 g/mol. The van der Waals surface area contributed by atoms with E-state index < -0.39 is 6.16 Å². The second-order valence-corrected chi connectivity index (χ2v) is 0.250. The van der Waals surface area contributed by atoms with Gasteiger partial charge in [0.05, 0.1) is 0 Å². The number of hydrogen-bond donors (Lipinski definition) is 0. The van der Waals surface area contributed by atoms with Gasteiger partial charge >= 0.3 is 89.1 Å². The van der Waals surface area contributed by atoms with Gasteiger partial charge in [0, 0.05) is 0 Å². The number of carbonyl (C=O) groups excluding carboxylic acids is 1. The van der Waals surface area contributed by atoms with Gasteiger partial charge in [0.2, 0.25) is 0 Å². The molecule has 0 atom stereocenters. The van der Waals surface area contributed by atoms with Gasteiger partial charge in [-0.05, 0) is 6.16 Å². The van der Waals surface area contributed by atoms with Gasteiger partial charge in [-0.3, -0.25) is 0 Å². The van der Waals surface area contributed by atoms with Gasteiger partial charge in [-0.25, -0.2) is 0 Å². The summed E-state index contributed by atoms with van der Waals surface area (Å²) < 4.78 is 0. The van der Waals surface area contributed by atoms with Crippen LogP contribution in [-0.4, -0.2) is 43.9 Å². The summed E-state index contributed by atoms with van der Waals surface area (Å²) in [5.74, 6) is 0. The molecule has 0 bridgehead atoms.